The van der Waals surface area contributed by atoms with Crippen LogP contribution in [0, 0.1) is 36.0 Å². The molecule has 4 aliphatic rings. The second kappa shape index (κ2) is 10.4. The normalized spacial score (nSPS) is 28.6. The average molecular weight is 669 g/mol. The topological polar surface area (TPSA) is 113 Å². The van der Waals surface area contributed by atoms with Gasteiger partial charge in [-0.2, -0.15) is 5.10 Å². The molecule has 0 radical (unpaired) electrons. The van der Waals surface area contributed by atoms with E-state index in [-0.39, 0.29) is 41.7 Å². The maximum atomic E-state index is 14.8. The van der Waals surface area contributed by atoms with Gasteiger partial charge in [-0.1, -0.05) is 35.4 Å². The van der Waals surface area contributed by atoms with E-state index in [0.717, 1.165) is 26.1 Å². The van der Waals surface area contributed by atoms with Gasteiger partial charge >= 0.3 is 0 Å². The monoisotopic (exact) mass is 668 g/mol. The number of thiophene rings is 1. The molecule has 2 saturated heterocycles. The maximum absolute atomic E-state index is 14.8. The first kappa shape index (κ1) is 30.1. The fourth-order valence-electron chi connectivity index (χ4n) is 8.91. The number of fused-ring (bicyclic) bond motifs is 5. The lowest BCUT2D eigenvalue weighted by Gasteiger charge is -2.49. The molecule has 2 aromatic heterocycles. The van der Waals surface area contributed by atoms with Crippen molar-refractivity contribution in [2.45, 2.75) is 39.5 Å². The van der Waals surface area contributed by atoms with Gasteiger partial charge in [0.25, 0.3) is 0 Å². The number of nitrogens with zero attached hydrogens (tertiary/aromatic N) is 4. The summed E-state index contributed by atoms with van der Waals surface area (Å²) in [6.45, 7) is 5.94. The molecule has 1 saturated carbocycles. The Balaban J connectivity index is 1.25. The van der Waals surface area contributed by atoms with Crippen LogP contribution in [0.5, 0.6) is 5.75 Å². The van der Waals surface area contributed by atoms with E-state index in [1.165, 1.54) is 9.80 Å². The summed E-state index contributed by atoms with van der Waals surface area (Å²) >= 11 is 7.86. The summed E-state index contributed by atoms with van der Waals surface area (Å²) in [6, 6.07) is 14.4. The number of aromatic hydroxyl groups is 1. The van der Waals surface area contributed by atoms with Crippen molar-refractivity contribution in [1.82, 2.24) is 14.7 Å². The highest BCUT2D eigenvalue weighted by Crippen LogP contribution is 2.63. The summed E-state index contributed by atoms with van der Waals surface area (Å²) in [5, 5.41) is 17.0. The molecule has 0 spiro atoms. The van der Waals surface area contributed by atoms with Crippen LogP contribution in [0.4, 0.5) is 5.82 Å². The standard InChI is InChI=1S/C36H33ClN4O5S/c1-5-40-32(43)22-11-10-21-24(29(22)34(40)45)15-25-33(44)41(35(46)36(25,3)30(21)18-7-6-8-20(42)13-18)28-16-26(38-39(28)4)31-17(2)23-14-19(37)9-12-27(23)47-31/h6-10,12-14,16,22,24-25,29-30,42H,5,11,15H2,1-4H3/t22-,24+,25-,29-,30-,36+/m0/s1. The predicted octanol–water partition coefficient (Wildman–Crippen LogP) is 6.22. The summed E-state index contributed by atoms with van der Waals surface area (Å²) in [7, 11) is 1.73. The fraction of sp³-hybridized carbons (Fsp3) is 0.361. The largest absolute Gasteiger partial charge is 0.508 e. The van der Waals surface area contributed by atoms with Crippen LogP contribution in [0.2, 0.25) is 5.02 Å². The van der Waals surface area contributed by atoms with Crippen molar-refractivity contribution in [3.63, 3.8) is 0 Å². The van der Waals surface area contributed by atoms with Crippen molar-refractivity contribution in [2.75, 3.05) is 11.4 Å². The van der Waals surface area contributed by atoms with E-state index in [1.54, 1.807) is 54.3 Å². The number of aryl methyl sites for hydroxylation is 2. The molecular formula is C36H33ClN4O5S. The number of phenolic OH excluding ortho intramolecular Hbond substituents is 1. The van der Waals surface area contributed by atoms with Gasteiger partial charge in [0.2, 0.25) is 23.6 Å². The number of allylic oxidation sites excluding steroid dienone is 2. The van der Waals surface area contributed by atoms with E-state index in [0.29, 0.717) is 35.1 Å². The molecule has 11 heteroatoms. The van der Waals surface area contributed by atoms with Crippen LogP contribution in [0.3, 0.4) is 0 Å². The average Bonchev–Trinajstić information content (AvgIpc) is 3.71. The van der Waals surface area contributed by atoms with Crippen molar-refractivity contribution in [2.24, 2.45) is 36.1 Å². The van der Waals surface area contributed by atoms with E-state index in [9.17, 15) is 24.3 Å². The number of imide groups is 2. The van der Waals surface area contributed by atoms with Gasteiger partial charge in [0.15, 0.2) is 0 Å². The van der Waals surface area contributed by atoms with Crippen LogP contribution < -0.4 is 4.90 Å². The molecule has 1 N–H and O–H groups in total. The van der Waals surface area contributed by atoms with Crippen LogP contribution in [0.25, 0.3) is 20.7 Å². The second-order valence-electron chi connectivity index (χ2n) is 13.4. The van der Waals surface area contributed by atoms with Crippen LogP contribution in [-0.4, -0.2) is 50.0 Å². The molecule has 2 aliphatic carbocycles. The molecular weight excluding hydrogens is 636 g/mol. The van der Waals surface area contributed by atoms with E-state index >= 15 is 0 Å². The lowest BCUT2D eigenvalue weighted by molar-refractivity contribution is -0.140. The SMILES string of the molecule is CCN1C(=O)[C@H]2[C@H](CC=C3[C@H]2C[C@H]2C(=O)N(c4cc(-c5sc6ccc(Cl)cc6c5C)nn4C)C(=O)[C@@]2(C)[C@H]3c2cccc(O)c2)C1=O. The van der Waals surface area contributed by atoms with Crippen LogP contribution in [0.1, 0.15) is 43.7 Å². The maximum Gasteiger partial charge on any atom is 0.242 e. The minimum atomic E-state index is -1.20. The van der Waals surface area contributed by atoms with E-state index in [4.69, 9.17) is 16.7 Å². The summed E-state index contributed by atoms with van der Waals surface area (Å²) in [5.41, 5.74) is 2.05. The van der Waals surface area contributed by atoms with Crippen molar-refractivity contribution in [3.8, 4) is 16.3 Å². The Labute approximate surface area is 280 Å². The summed E-state index contributed by atoms with van der Waals surface area (Å²) in [6.07, 6.45) is 2.69. The fourth-order valence-corrected chi connectivity index (χ4v) is 10.2. The first-order valence-electron chi connectivity index (χ1n) is 15.9. The number of hydrogen-bond donors (Lipinski definition) is 1. The Morgan fingerprint density at radius 1 is 1.04 bits per heavy atom. The summed E-state index contributed by atoms with van der Waals surface area (Å²) in [4.78, 5) is 59.9. The molecule has 8 rings (SSSR count). The first-order valence-corrected chi connectivity index (χ1v) is 17.1. The Morgan fingerprint density at radius 2 is 1.83 bits per heavy atom. The second-order valence-corrected chi connectivity index (χ2v) is 14.9. The van der Waals surface area contributed by atoms with Crippen molar-refractivity contribution in [1.29, 1.82) is 0 Å². The highest BCUT2D eigenvalue weighted by atomic mass is 35.5. The van der Waals surface area contributed by atoms with Gasteiger partial charge in [0.05, 0.1) is 28.0 Å². The minimum absolute atomic E-state index is 0.0493. The number of rotatable bonds is 4. The zero-order chi connectivity index (χ0) is 33.1. The molecule has 9 nitrogen and oxygen atoms in total. The zero-order valence-electron chi connectivity index (χ0n) is 26.4. The van der Waals surface area contributed by atoms with Crippen LogP contribution in [0.15, 0.2) is 60.2 Å². The Hall–Kier alpha value is -4.28. The quantitative estimate of drug-likeness (QED) is 0.204. The van der Waals surface area contributed by atoms with E-state index in [2.05, 4.69) is 0 Å². The summed E-state index contributed by atoms with van der Waals surface area (Å²) < 4.78 is 2.64. The van der Waals surface area contributed by atoms with Crippen molar-refractivity contribution < 1.29 is 24.3 Å². The third kappa shape index (κ3) is 4.04. The van der Waals surface area contributed by atoms with Crippen molar-refractivity contribution >= 4 is 62.5 Å². The number of amides is 4. The molecule has 4 amide bonds. The van der Waals surface area contributed by atoms with Crippen LogP contribution >= 0.6 is 22.9 Å². The molecule has 3 fully saturated rings. The Morgan fingerprint density at radius 3 is 2.57 bits per heavy atom. The minimum Gasteiger partial charge on any atom is -0.508 e. The van der Waals surface area contributed by atoms with Gasteiger partial charge in [0, 0.05) is 35.3 Å². The number of halogens is 1. The smallest absolute Gasteiger partial charge is 0.242 e. The lowest BCUT2D eigenvalue weighted by atomic mass is 9.51. The van der Waals surface area contributed by atoms with E-state index in [1.807, 2.05) is 44.2 Å². The third-order valence-electron chi connectivity index (χ3n) is 11.1. The Bertz CT molecular complexity index is 2100. The number of hydrogen-bond acceptors (Lipinski definition) is 7. The molecule has 2 aromatic carbocycles. The molecule has 240 valence electrons. The van der Waals surface area contributed by atoms with Gasteiger partial charge in [-0.3, -0.25) is 28.8 Å². The van der Waals surface area contributed by atoms with E-state index < -0.39 is 29.1 Å². The zero-order valence-corrected chi connectivity index (χ0v) is 27.9. The number of phenols is 1. The number of anilines is 1. The van der Waals surface area contributed by atoms with Gasteiger partial charge in [-0.05, 0) is 86.4 Å². The third-order valence-corrected chi connectivity index (χ3v) is 12.6. The molecule has 0 unspecified atom stereocenters. The number of benzene rings is 2. The predicted molar refractivity (Wildman–Crippen MR) is 179 cm³/mol. The molecule has 4 aromatic rings. The van der Waals surface area contributed by atoms with Gasteiger partial charge in [-0.15, -0.1) is 11.3 Å². The number of carbonyl (C=O) groups excluding carboxylic acids is 4. The van der Waals surface area contributed by atoms with Crippen LogP contribution in [-0.2, 0) is 26.2 Å². The van der Waals surface area contributed by atoms with Gasteiger partial charge in [-0.25, -0.2) is 4.90 Å². The van der Waals surface area contributed by atoms with Gasteiger partial charge < -0.3 is 5.11 Å². The van der Waals surface area contributed by atoms with Gasteiger partial charge in [0.1, 0.15) is 17.3 Å². The Kier molecular flexibility index (Phi) is 6.63. The first-order chi connectivity index (χ1) is 22.4. The number of carbonyl (C=O) groups is 4. The lowest BCUT2D eigenvalue weighted by Crippen LogP contribution is -2.48. The van der Waals surface area contributed by atoms with Crippen molar-refractivity contribution in [3.05, 3.63) is 76.3 Å². The molecule has 47 heavy (non-hydrogen) atoms. The molecule has 0 bridgehead atoms. The number of aromatic nitrogens is 2. The molecule has 4 heterocycles. The molecule has 6 atom stereocenters. The summed E-state index contributed by atoms with van der Waals surface area (Å²) in [5.74, 6) is -3.44. The highest BCUT2D eigenvalue weighted by Gasteiger charge is 2.67. The number of likely N-dealkylation sites (tertiary alicyclic amines) is 1. The molecule has 2 aliphatic heterocycles. The highest BCUT2D eigenvalue weighted by molar-refractivity contribution is 7.22.